The van der Waals surface area contributed by atoms with Crippen molar-refractivity contribution in [1.82, 2.24) is 5.32 Å². The third kappa shape index (κ3) is 5.91. The van der Waals surface area contributed by atoms with E-state index in [4.69, 9.17) is 4.74 Å². The molecule has 0 aliphatic carbocycles. The highest BCUT2D eigenvalue weighted by Crippen LogP contribution is 2.12. The molecule has 0 aliphatic heterocycles. The van der Waals surface area contributed by atoms with Crippen LogP contribution < -0.4 is 5.32 Å². The zero-order valence-electron chi connectivity index (χ0n) is 10.7. The van der Waals surface area contributed by atoms with Crippen molar-refractivity contribution < 1.29 is 14.2 Å². The zero-order valence-corrected chi connectivity index (χ0v) is 10.7. The summed E-state index contributed by atoms with van der Waals surface area (Å²) in [6.45, 7) is 7.85. The van der Waals surface area contributed by atoms with Crippen molar-refractivity contribution >= 4 is 0 Å². The van der Waals surface area contributed by atoms with Crippen LogP contribution in [0.15, 0.2) is 36.4 Å². The highest BCUT2D eigenvalue weighted by molar-refractivity contribution is 5.18. The number of hydrogen-bond acceptors (Lipinski definition) is 3. The second-order valence-electron chi connectivity index (χ2n) is 4.28. The molecule has 1 aromatic rings. The highest BCUT2D eigenvalue weighted by Gasteiger charge is 2.06. The van der Waals surface area contributed by atoms with E-state index in [1.807, 2.05) is 6.92 Å². The fourth-order valence-electron chi connectivity index (χ4n) is 1.43. The van der Waals surface area contributed by atoms with Crippen LogP contribution in [0.2, 0.25) is 0 Å². The van der Waals surface area contributed by atoms with E-state index < -0.39 is 6.10 Å². The van der Waals surface area contributed by atoms with E-state index in [1.165, 1.54) is 12.1 Å². The van der Waals surface area contributed by atoms with E-state index in [0.717, 1.165) is 5.57 Å². The van der Waals surface area contributed by atoms with Gasteiger partial charge < -0.3 is 15.2 Å². The molecule has 18 heavy (non-hydrogen) atoms. The van der Waals surface area contributed by atoms with Gasteiger partial charge in [-0.25, -0.2) is 4.39 Å². The number of hydrogen-bond donors (Lipinski definition) is 2. The SMILES string of the molecule is C=C(C)COCCNCC(O)c1ccc(F)cc1. The Morgan fingerprint density at radius 3 is 2.72 bits per heavy atom. The molecule has 0 fully saturated rings. The second kappa shape index (κ2) is 7.97. The third-order valence-electron chi connectivity index (χ3n) is 2.36. The summed E-state index contributed by atoms with van der Waals surface area (Å²) < 4.78 is 18.0. The van der Waals surface area contributed by atoms with Gasteiger partial charge in [0, 0.05) is 13.1 Å². The molecule has 0 aromatic heterocycles. The zero-order chi connectivity index (χ0) is 13.4. The first-order valence-corrected chi connectivity index (χ1v) is 5.96. The lowest BCUT2D eigenvalue weighted by Gasteiger charge is -2.12. The van der Waals surface area contributed by atoms with Gasteiger partial charge in [-0.05, 0) is 24.6 Å². The molecule has 0 spiro atoms. The Hall–Kier alpha value is -1.23. The molecular weight excluding hydrogens is 233 g/mol. The van der Waals surface area contributed by atoms with Crippen molar-refractivity contribution in [3.63, 3.8) is 0 Å². The average Bonchev–Trinajstić information content (AvgIpc) is 2.34. The van der Waals surface area contributed by atoms with Crippen molar-refractivity contribution in [3.05, 3.63) is 47.8 Å². The first kappa shape index (κ1) is 14.8. The summed E-state index contributed by atoms with van der Waals surface area (Å²) in [5.74, 6) is -0.299. The Labute approximate surface area is 107 Å². The van der Waals surface area contributed by atoms with Crippen LogP contribution in [0.5, 0.6) is 0 Å². The lowest BCUT2D eigenvalue weighted by Crippen LogP contribution is -2.25. The van der Waals surface area contributed by atoms with Crippen LogP contribution in [0.4, 0.5) is 4.39 Å². The highest BCUT2D eigenvalue weighted by atomic mass is 19.1. The van der Waals surface area contributed by atoms with Gasteiger partial charge in [-0.2, -0.15) is 0 Å². The van der Waals surface area contributed by atoms with E-state index in [9.17, 15) is 9.50 Å². The molecule has 1 unspecified atom stereocenters. The maximum absolute atomic E-state index is 12.7. The van der Waals surface area contributed by atoms with E-state index in [0.29, 0.717) is 31.9 Å². The topological polar surface area (TPSA) is 41.5 Å². The largest absolute Gasteiger partial charge is 0.387 e. The summed E-state index contributed by atoms with van der Waals surface area (Å²) in [6.07, 6.45) is -0.633. The number of aliphatic hydroxyl groups is 1. The van der Waals surface area contributed by atoms with Crippen molar-refractivity contribution in [2.75, 3.05) is 26.3 Å². The molecule has 1 aromatic carbocycles. The molecule has 100 valence electrons. The van der Waals surface area contributed by atoms with Crippen LogP contribution in [0, 0.1) is 5.82 Å². The number of aliphatic hydroxyl groups excluding tert-OH is 1. The van der Waals surface area contributed by atoms with Gasteiger partial charge in [0.15, 0.2) is 0 Å². The van der Waals surface area contributed by atoms with Gasteiger partial charge in [-0.3, -0.25) is 0 Å². The molecule has 3 nitrogen and oxygen atoms in total. The molecule has 4 heteroatoms. The average molecular weight is 253 g/mol. The molecule has 2 N–H and O–H groups in total. The van der Waals surface area contributed by atoms with E-state index in [1.54, 1.807) is 12.1 Å². The Morgan fingerprint density at radius 1 is 1.44 bits per heavy atom. The van der Waals surface area contributed by atoms with Crippen molar-refractivity contribution in [1.29, 1.82) is 0 Å². The fraction of sp³-hybridized carbons (Fsp3) is 0.429. The minimum absolute atomic E-state index is 0.299. The van der Waals surface area contributed by atoms with Gasteiger partial charge in [-0.15, -0.1) is 0 Å². The summed E-state index contributed by atoms with van der Waals surface area (Å²) in [4.78, 5) is 0. The third-order valence-corrected chi connectivity index (χ3v) is 2.36. The lowest BCUT2D eigenvalue weighted by molar-refractivity contribution is 0.143. The second-order valence-corrected chi connectivity index (χ2v) is 4.28. The smallest absolute Gasteiger partial charge is 0.123 e. The van der Waals surface area contributed by atoms with Gasteiger partial charge >= 0.3 is 0 Å². The van der Waals surface area contributed by atoms with Crippen molar-refractivity contribution in [3.8, 4) is 0 Å². The summed E-state index contributed by atoms with van der Waals surface area (Å²) in [5.41, 5.74) is 1.69. The van der Waals surface area contributed by atoms with Crippen LogP contribution in [0.25, 0.3) is 0 Å². The summed E-state index contributed by atoms with van der Waals surface area (Å²) in [7, 11) is 0. The van der Waals surface area contributed by atoms with E-state index in [2.05, 4.69) is 11.9 Å². The van der Waals surface area contributed by atoms with Gasteiger partial charge in [0.1, 0.15) is 5.82 Å². The number of rotatable bonds is 8. The van der Waals surface area contributed by atoms with Gasteiger partial charge in [0.2, 0.25) is 0 Å². The predicted molar refractivity (Wildman–Crippen MR) is 69.9 cm³/mol. The quantitative estimate of drug-likeness (QED) is 0.550. The molecule has 0 saturated heterocycles. The van der Waals surface area contributed by atoms with Crippen molar-refractivity contribution in [2.45, 2.75) is 13.0 Å². The molecule has 0 saturated carbocycles. The molecule has 0 radical (unpaired) electrons. The summed E-state index contributed by atoms with van der Waals surface area (Å²) in [5, 5.41) is 12.9. The van der Waals surface area contributed by atoms with E-state index >= 15 is 0 Å². The van der Waals surface area contributed by atoms with Gasteiger partial charge in [0.05, 0.1) is 19.3 Å². The van der Waals surface area contributed by atoms with Crippen LogP contribution in [0.1, 0.15) is 18.6 Å². The summed E-state index contributed by atoms with van der Waals surface area (Å²) in [6, 6.07) is 5.85. The minimum atomic E-state index is -0.633. The molecule has 0 bridgehead atoms. The maximum Gasteiger partial charge on any atom is 0.123 e. The molecule has 0 heterocycles. The number of benzene rings is 1. The molecular formula is C14H20FNO2. The molecule has 1 atom stereocenters. The first-order valence-electron chi connectivity index (χ1n) is 5.96. The monoisotopic (exact) mass is 253 g/mol. The predicted octanol–water partition coefficient (Wildman–Crippen LogP) is 2.04. The normalized spacial score (nSPS) is 12.4. The first-order chi connectivity index (χ1) is 8.59. The van der Waals surface area contributed by atoms with Crippen LogP contribution >= 0.6 is 0 Å². The Morgan fingerprint density at radius 2 is 2.11 bits per heavy atom. The minimum Gasteiger partial charge on any atom is -0.387 e. The Kier molecular flexibility index (Phi) is 6.57. The number of ether oxygens (including phenoxy) is 1. The standard InChI is InChI=1S/C14H20FNO2/c1-11(2)10-18-8-7-16-9-14(17)12-3-5-13(15)6-4-12/h3-6,14,16-17H,1,7-10H2,2H3. The molecule has 1 rings (SSSR count). The van der Waals surface area contributed by atoms with Crippen LogP contribution in [-0.4, -0.2) is 31.4 Å². The Balaban J connectivity index is 2.15. The summed E-state index contributed by atoms with van der Waals surface area (Å²) >= 11 is 0. The molecule has 0 aliphatic rings. The van der Waals surface area contributed by atoms with Gasteiger partial charge in [-0.1, -0.05) is 24.3 Å². The van der Waals surface area contributed by atoms with Crippen molar-refractivity contribution in [2.24, 2.45) is 0 Å². The molecule has 0 amide bonds. The lowest BCUT2D eigenvalue weighted by atomic mass is 10.1. The fourth-order valence-corrected chi connectivity index (χ4v) is 1.43. The van der Waals surface area contributed by atoms with Crippen LogP contribution in [-0.2, 0) is 4.74 Å². The number of nitrogens with one attached hydrogen (secondary N) is 1. The van der Waals surface area contributed by atoms with Crippen LogP contribution in [0.3, 0.4) is 0 Å². The Bertz CT molecular complexity index is 365. The number of halogens is 1. The van der Waals surface area contributed by atoms with E-state index in [-0.39, 0.29) is 5.82 Å². The van der Waals surface area contributed by atoms with Gasteiger partial charge in [0.25, 0.3) is 0 Å². The maximum atomic E-state index is 12.7.